The van der Waals surface area contributed by atoms with Crippen molar-refractivity contribution < 1.29 is 4.74 Å². The largest absolute Gasteiger partial charge is 0.379 e. The van der Waals surface area contributed by atoms with Crippen molar-refractivity contribution in [2.75, 3.05) is 92.3 Å². The lowest BCUT2D eigenvalue weighted by molar-refractivity contribution is 0.0195. The van der Waals surface area contributed by atoms with E-state index >= 15 is 0 Å². The zero-order valence-electron chi connectivity index (χ0n) is 17.9. The SMILES string of the molecule is CCN1CCN(CCCCNC(=NC)N2CCC(N3CCOCC3)C2)CC1.I. The second-order valence-corrected chi connectivity index (χ2v) is 7.99. The molecule has 0 aromatic carbocycles. The number of morpholine rings is 1. The van der Waals surface area contributed by atoms with Crippen LogP contribution < -0.4 is 5.32 Å². The minimum Gasteiger partial charge on any atom is -0.379 e. The van der Waals surface area contributed by atoms with Crippen molar-refractivity contribution in [1.29, 1.82) is 0 Å². The van der Waals surface area contributed by atoms with Crippen LogP contribution in [-0.2, 0) is 4.74 Å². The maximum atomic E-state index is 5.49. The highest BCUT2D eigenvalue weighted by atomic mass is 127. The molecule has 1 N–H and O–H groups in total. The molecule has 0 saturated carbocycles. The van der Waals surface area contributed by atoms with Crippen molar-refractivity contribution in [2.24, 2.45) is 4.99 Å². The van der Waals surface area contributed by atoms with Crippen molar-refractivity contribution in [3.8, 4) is 0 Å². The van der Waals surface area contributed by atoms with Crippen LogP contribution in [0.5, 0.6) is 0 Å². The third-order valence-corrected chi connectivity index (χ3v) is 6.33. The first-order chi connectivity index (χ1) is 13.3. The van der Waals surface area contributed by atoms with E-state index in [1.165, 1.54) is 58.5 Å². The minimum absolute atomic E-state index is 0. The molecule has 3 fully saturated rings. The number of hydrogen-bond donors (Lipinski definition) is 1. The van der Waals surface area contributed by atoms with Gasteiger partial charge in [-0.15, -0.1) is 24.0 Å². The van der Waals surface area contributed by atoms with E-state index in [2.05, 4.69) is 36.8 Å². The molecule has 3 heterocycles. The van der Waals surface area contributed by atoms with Gasteiger partial charge in [-0.1, -0.05) is 6.92 Å². The van der Waals surface area contributed by atoms with Crippen molar-refractivity contribution >= 4 is 29.9 Å². The number of aliphatic imine (C=N–C) groups is 1. The maximum Gasteiger partial charge on any atom is 0.193 e. The van der Waals surface area contributed by atoms with Crippen LogP contribution in [0, 0.1) is 0 Å². The Morgan fingerprint density at radius 3 is 2.39 bits per heavy atom. The average Bonchev–Trinajstić information content (AvgIpc) is 3.22. The monoisotopic (exact) mass is 508 g/mol. The van der Waals surface area contributed by atoms with Gasteiger partial charge in [-0.3, -0.25) is 9.89 Å². The molecular weight excluding hydrogens is 467 g/mol. The number of ether oxygens (including phenoxy) is 1. The molecule has 0 aromatic rings. The fourth-order valence-electron chi connectivity index (χ4n) is 4.50. The first kappa shape index (κ1) is 24.1. The molecule has 1 atom stereocenters. The topological polar surface area (TPSA) is 46.6 Å². The van der Waals surface area contributed by atoms with Crippen LogP contribution in [0.1, 0.15) is 26.2 Å². The first-order valence-electron chi connectivity index (χ1n) is 11.0. The summed E-state index contributed by atoms with van der Waals surface area (Å²) in [6.45, 7) is 16.8. The fraction of sp³-hybridized carbons (Fsp3) is 0.950. The lowest BCUT2D eigenvalue weighted by Crippen LogP contribution is -2.47. The van der Waals surface area contributed by atoms with Crippen LogP contribution in [0.15, 0.2) is 4.99 Å². The number of rotatable bonds is 7. The zero-order valence-corrected chi connectivity index (χ0v) is 20.3. The quantitative estimate of drug-likeness (QED) is 0.240. The highest BCUT2D eigenvalue weighted by Crippen LogP contribution is 2.17. The van der Waals surface area contributed by atoms with Crippen LogP contribution in [-0.4, -0.2) is 124 Å². The molecule has 3 rings (SSSR count). The molecule has 164 valence electrons. The molecule has 0 bridgehead atoms. The Morgan fingerprint density at radius 2 is 1.71 bits per heavy atom. The van der Waals surface area contributed by atoms with Crippen molar-refractivity contribution in [1.82, 2.24) is 24.9 Å². The Morgan fingerprint density at radius 1 is 1.00 bits per heavy atom. The van der Waals surface area contributed by atoms with Gasteiger partial charge in [-0.05, 0) is 32.4 Å². The molecule has 0 amide bonds. The second-order valence-electron chi connectivity index (χ2n) is 7.99. The number of unbranched alkanes of at least 4 members (excludes halogenated alkanes) is 1. The normalized spacial score (nSPS) is 25.7. The number of piperazine rings is 1. The minimum atomic E-state index is 0. The predicted molar refractivity (Wildman–Crippen MR) is 127 cm³/mol. The third kappa shape index (κ3) is 7.27. The molecule has 0 aliphatic carbocycles. The summed E-state index contributed by atoms with van der Waals surface area (Å²) in [6, 6.07) is 0.661. The van der Waals surface area contributed by atoms with Gasteiger partial charge in [0.1, 0.15) is 0 Å². The molecule has 7 nitrogen and oxygen atoms in total. The van der Waals surface area contributed by atoms with Crippen molar-refractivity contribution in [3.05, 3.63) is 0 Å². The Labute approximate surface area is 188 Å². The molecule has 3 aliphatic heterocycles. The van der Waals surface area contributed by atoms with E-state index in [9.17, 15) is 0 Å². The highest BCUT2D eigenvalue weighted by Gasteiger charge is 2.30. The molecule has 8 heteroatoms. The summed E-state index contributed by atoms with van der Waals surface area (Å²) in [5.41, 5.74) is 0. The molecule has 0 spiro atoms. The Bertz CT molecular complexity index is 452. The van der Waals surface area contributed by atoms with Gasteiger partial charge in [0.05, 0.1) is 13.2 Å². The van der Waals surface area contributed by atoms with Gasteiger partial charge < -0.3 is 24.8 Å². The van der Waals surface area contributed by atoms with Crippen LogP contribution >= 0.6 is 24.0 Å². The number of nitrogens with zero attached hydrogens (tertiary/aromatic N) is 5. The van der Waals surface area contributed by atoms with Gasteiger partial charge in [0.15, 0.2) is 5.96 Å². The molecule has 0 radical (unpaired) electrons. The highest BCUT2D eigenvalue weighted by molar-refractivity contribution is 14.0. The first-order valence-corrected chi connectivity index (χ1v) is 11.0. The lowest BCUT2D eigenvalue weighted by atomic mass is 10.2. The van der Waals surface area contributed by atoms with Gasteiger partial charge in [-0.25, -0.2) is 0 Å². The summed E-state index contributed by atoms with van der Waals surface area (Å²) in [4.78, 5) is 14.7. The van der Waals surface area contributed by atoms with Gasteiger partial charge in [0.2, 0.25) is 0 Å². The number of hydrogen-bond acceptors (Lipinski definition) is 5. The molecule has 3 aliphatic rings. The summed E-state index contributed by atoms with van der Waals surface area (Å²) in [7, 11) is 1.91. The smallest absolute Gasteiger partial charge is 0.193 e. The molecule has 28 heavy (non-hydrogen) atoms. The molecular formula is C20H41IN6O. The summed E-state index contributed by atoms with van der Waals surface area (Å²) in [6.07, 6.45) is 3.73. The van der Waals surface area contributed by atoms with Crippen molar-refractivity contribution in [3.63, 3.8) is 0 Å². The van der Waals surface area contributed by atoms with Gasteiger partial charge in [0.25, 0.3) is 0 Å². The fourth-order valence-corrected chi connectivity index (χ4v) is 4.50. The van der Waals surface area contributed by atoms with Gasteiger partial charge >= 0.3 is 0 Å². The summed E-state index contributed by atoms with van der Waals surface area (Å²) >= 11 is 0. The Kier molecular flexibility index (Phi) is 11.4. The molecule has 1 unspecified atom stereocenters. The van der Waals surface area contributed by atoms with Crippen LogP contribution in [0.3, 0.4) is 0 Å². The summed E-state index contributed by atoms with van der Waals surface area (Å²) in [5.74, 6) is 1.09. The number of likely N-dealkylation sites (N-methyl/N-ethyl adjacent to an activating group) is 1. The van der Waals surface area contributed by atoms with E-state index in [0.29, 0.717) is 6.04 Å². The summed E-state index contributed by atoms with van der Waals surface area (Å²) < 4.78 is 5.49. The van der Waals surface area contributed by atoms with E-state index in [1.54, 1.807) is 0 Å². The van der Waals surface area contributed by atoms with Crippen LogP contribution in [0.25, 0.3) is 0 Å². The third-order valence-electron chi connectivity index (χ3n) is 6.33. The molecule has 0 aromatic heterocycles. The van der Waals surface area contributed by atoms with Crippen molar-refractivity contribution in [2.45, 2.75) is 32.2 Å². The summed E-state index contributed by atoms with van der Waals surface area (Å²) in [5, 5.41) is 3.59. The number of nitrogens with one attached hydrogen (secondary N) is 1. The van der Waals surface area contributed by atoms with E-state index < -0.39 is 0 Å². The lowest BCUT2D eigenvalue weighted by Gasteiger charge is -2.34. The Hall–Kier alpha value is -0.160. The molecule has 3 saturated heterocycles. The van der Waals surface area contributed by atoms with Crippen LogP contribution in [0.2, 0.25) is 0 Å². The number of halogens is 1. The van der Waals surface area contributed by atoms with E-state index in [4.69, 9.17) is 4.74 Å². The number of likely N-dealkylation sites (tertiary alicyclic amines) is 1. The van der Waals surface area contributed by atoms with Gasteiger partial charge in [0, 0.05) is 72.0 Å². The van der Waals surface area contributed by atoms with Crippen LogP contribution in [0.4, 0.5) is 0 Å². The number of guanidine groups is 1. The predicted octanol–water partition coefficient (Wildman–Crippen LogP) is 1.00. The zero-order chi connectivity index (χ0) is 18.9. The maximum absolute atomic E-state index is 5.49. The van der Waals surface area contributed by atoms with E-state index in [1.807, 2.05) is 7.05 Å². The van der Waals surface area contributed by atoms with E-state index in [0.717, 1.165) is 51.9 Å². The van der Waals surface area contributed by atoms with E-state index in [-0.39, 0.29) is 24.0 Å². The van der Waals surface area contributed by atoms with Gasteiger partial charge in [-0.2, -0.15) is 0 Å². The standard InChI is InChI=1S/C20H40N6O.HI/c1-3-23-10-12-24(13-11-23)8-5-4-7-22-20(21-2)26-9-6-19(18-26)25-14-16-27-17-15-25;/h19H,3-18H2,1-2H3,(H,21,22);1H. The second kappa shape index (κ2) is 13.2. The Balaban J connectivity index is 0.00000280. The average molecular weight is 508 g/mol.